The van der Waals surface area contributed by atoms with Crippen LogP contribution in [0.25, 0.3) is 0 Å². The Balaban J connectivity index is 0. The van der Waals surface area contributed by atoms with Gasteiger partial charge in [0.05, 0.1) is 0 Å². The van der Waals surface area contributed by atoms with Crippen molar-refractivity contribution in [2.24, 2.45) is 0 Å². The molecule has 0 aromatic carbocycles. The maximum atomic E-state index is 0. The van der Waals surface area contributed by atoms with Gasteiger partial charge in [0.1, 0.15) is 0 Å². The van der Waals surface area contributed by atoms with Gasteiger partial charge in [-0.05, 0) is 0 Å². The second-order valence-electron chi connectivity index (χ2n) is 0. The zero-order chi connectivity index (χ0) is 0. The van der Waals surface area contributed by atoms with E-state index < -0.39 is 0 Å². The van der Waals surface area contributed by atoms with Gasteiger partial charge in [-0.2, -0.15) is 0 Å². The number of hydrogen-bond acceptors (Lipinski definition) is 0. The Morgan fingerprint density at radius 1 is 1.00 bits per heavy atom. The van der Waals surface area contributed by atoms with E-state index in [1.54, 1.807) is 0 Å². The van der Waals surface area contributed by atoms with E-state index >= 15 is 0 Å². The summed E-state index contributed by atoms with van der Waals surface area (Å²) in [6, 6.07) is 0. The van der Waals surface area contributed by atoms with Crippen LogP contribution < -0.4 is 18.6 Å². The normalized spacial score (nSPS) is 0. The van der Waals surface area contributed by atoms with E-state index in [0.717, 1.165) is 0 Å². The van der Waals surface area contributed by atoms with Crippen molar-refractivity contribution < 1.29 is 31.9 Å². The largest absolute Gasteiger partial charge is 1.00 e. The summed E-state index contributed by atoms with van der Waals surface area (Å²) in [5.41, 5.74) is 0. The van der Waals surface area contributed by atoms with Crippen molar-refractivity contribution in [2.45, 2.75) is 0 Å². The summed E-state index contributed by atoms with van der Waals surface area (Å²) in [4.78, 5) is 0. The molecule has 0 rings (SSSR count). The van der Waals surface area contributed by atoms with Gasteiger partial charge in [0, 0.05) is 70.9 Å². The second kappa shape index (κ2) is 17.8. The van der Waals surface area contributed by atoms with Gasteiger partial charge in [-0.1, -0.05) is 0 Å². The molecule has 0 aliphatic rings. The van der Waals surface area contributed by atoms with Gasteiger partial charge in [0.25, 0.3) is 0 Å². The van der Waals surface area contributed by atoms with Crippen LogP contribution in [0.2, 0.25) is 0 Å². The first-order valence-electron chi connectivity index (χ1n) is 0. The van der Waals surface area contributed by atoms with Crippen LogP contribution in [0.15, 0.2) is 0 Å². The Labute approximate surface area is 87.5 Å². The maximum absolute atomic E-state index is 0. The van der Waals surface area contributed by atoms with Crippen LogP contribution in [0.4, 0.5) is 0 Å². The van der Waals surface area contributed by atoms with Crippen LogP contribution >= 0.6 is 0 Å². The molecular weight excluding hydrogens is 154 g/mol. The first-order valence-corrected chi connectivity index (χ1v) is 0. The molecule has 0 aliphatic carbocycles. The standard InChI is InChI=1S/ClH.K.H3N.Zn/h1H;;1H3;. The van der Waals surface area contributed by atoms with Crippen molar-refractivity contribution in [1.29, 1.82) is 0 Å². The van der Waals surface area contributed by atoms with Gasteiger partial charge in [-0.3, -0.25) is 0 Å². The summed E-state index contributed by atoms with van der Waals surface area (Å²) in [5, 5.41) is 0. The molecule has 0 spiro atoms. The molecule has 1 radical (unpaired) electrons. The number of hydrogen-bond donors (Lipinski definition) is 1. The first-order chi connectivity index (χ1) is 0. The quantitative estimate of drug-likeness (QED) is 0.365. The zero-order valence-electron chi connectivity index (χ0n) is 3.09. The smallest absolute Gasteiger partial charge is 0 e. The van der Waals surface area contributed by atoms with E-state index in [0.29, 0.717) is 0 Å². The van der Waals surface area contributed by atoms with E-state index in [1.165, 1.54) is 0 Å². The van der Waals surface area contributed by atoms with Crippen LogP contribution in [0, 0.1) is 0 Å². The predicted octanol–water partition coefficient (Wildman–Crippen LogP) is -3.00. The Hall–Kier alpha value is 2.51. The van der Waals surface area contributed by atoms with Gasteiger partial charge < -0.3 is 18.6 Å². The number of rotatable bonds is 0. The van der Waals surface area contributed by atoms with Gasteiger partial charge in [0.2, 0.25) is 0 Å². The molecule has 4 N–H and O–H groups in total. The molecule has 0 fully saturated rings. The Kier molecular flexibility index (Phi) is 140. The molecule has 4 heteroatoms. The fraction of sp³-hybridized carbons (Fsp3) is 0. The van der Waals surface area contributed by atoms with E-state index in [4.69, 9.17) is 0 Å². The van der Waals surface area contributed by atoms with Crippen molar-refractivity contribution in [3.8, 4) is 0 Å². The minimum atomic E-state index is 0. The van der Waals surface area contributed by atoms with Gasteiger partial charge in [-0.15, -0.1) is 0 Å². The summed E-state index contributed by atoms with van der Waals surface area (Å²) in [5.74, 6) is 0. The molecule has 0 aromatic rings. The van der Waals surface area contributed by atoms with Crippen LogP contribution in [-0.2, 0) is 19.5 Å². The van der Waals surface area contributed by atoms with E-state index in [9.17, 15) is 0 Å². The predicted molar refractivity (Wildman–Crippen MR) is 11.7 cm³/mol. The average molecular weight is 158 g/mol. The Bertz CT molecular complexity index is 8.00. The first kappa shape index (κ1) is 31.4. The topological polar surface area (TPSA) is 36.5 Å². The van der Waals surface area contributed by atoms with E-state index in [-0.39, 0.29) is 89.4 Å². The van der Waals surface area contributed by atoms with Crippen molar-refractivity contribution in [3.63, 3.8) is 0 Å². The monoisotopic (exact) mass is 156 g/mol. The molecule has 1 nitrogen and oxygen atoms in total. The molecular formula is H4ClKNZn. The molecule has 19 valence electrons. The van der Waals surface area contributed by atoms with Gasteiger partial charge in [0.15, 0.2) is 0 Å². The van der Waals surface area contributed by atoms with Crippen molar-refractivity contribution in [2.75, 3.05) is 0 Å². The minimum absolute atomic E-state index is 0. The van der Waals surface area contributed by atoms with Crippen LogP contribution in [0.5, 0.6) is 0 Å². The average Bonchev–Trinajstić information content (AvgIpc) is 0. The van der Waals surface area contributed by atoms with E-state index in [1.807, 2.05) is 0 Å². The summed E-state index contributed by atoms with van der Waals surface area (Å²) in [7, 11) is 0. The Morgan fingerprint density at radius 3 is 1.00 bits per heavy atom. The molecule has 0 unspecified atom stereocenters. The fourth-order valence-corrected chi connectivity index (χ4v) is 0. The molecule has 0 bridgehead atoms. The fourth-order valence-electron chi connectivity index (χ4n) is 0. The molecule has 0 saturated carbocycles. The van der Waals surface area contributed by atoms with Crippen molar-refractivity contribution in [1.82, 2.24) is 6.15 Å². The van der Waals surface area contributed by atoms with Crippen LogP contribution in [0.1, 0.15) is 0 Å². The third kappa shape index (κ3) is 8.82. The molecule has 0 aliphatic heterocycles. The van der Waals surface area contributed by atoms with Crippen LogP contribution in [-0.4, -0.2) is 51.4 Å². The van der Waals surface area contributed by atoms with Crippen LogP contribution in [0.3, 0.4) is 0 Å². The Morgan fingerprint density at radius 2 is 1.00 bits per heavy atom. The molecule has 0 amide bonds. The van der Waals surface area contributed by atoms with Gasteiger partial charge in [-0.25, -0.2) is 0 Å². The zero-order valence-corrected chi connectivity index (χ0v) is 9.93. The molecule has 0 saturated heterocycles. The summed E-state index contributed by atoms with van der Waals surface area (Å²) < 4.78 is 0. The summed E-state index contributed by atoms with van der Waals surface area (Å²) in [6.45, 7) is 0. The van der Waals surface area contributed by atoms with Crippen molar-refractivity contribution in [3.05, 3.63) is 0 Å². The SMILES string of the molecule is [Cl-].[K].[NH4+].[Zn]. The molecule has 0 heterocycles. The third-order valence-electron chi connectivity index (χ3n) is 0. The van der Waals surface area contributed by atoms with Crippen molar-refractivity contribution >= 4 is 51.4 Å². The van der Waals surface area contributed by atoms with E-state index in [2.05, 4.69) is 0 Å². The number of quaternary nitrogens is 1. The molecule has 0 atom stereocenters. The minimum Gasteiger partial charge on any atom is -1.00 e. The molecule has 0 aromatic heterocycles. The number of halogens is 1. The third-order valence-corrected chi connectivity index (χ3v) is 0. The summed E-state index contributed by atoms with van der Waals surface area (Å²) in [6.07, 6.45) is 0. The van der Waals surface area contributed by atoms with Gasteiger partial charge >= 0.3 is 0 Å². The molecule has 4 heavy (non-hydrogen) atoms. The summed E-state index contributed by atoms with van der Waals surface area (Å²) >= 11 is 0. The maximum Gasteiger partial charge on any atom is 0 e. The second-order valence-corrected chi connectivity index (χ2v) is 0.